The average molecular weight is 217 g/mol. The molecule has 2 unspecified atom stereocenters. The highest BCUT2D eigenvalue weighted by Gasteiger charge is 2.25. The van der Waals surface area contributed by atoms with Gasteiger partial charge in [-0.05, 0) is 49.7 Å². The monoisotopic (exact) mass is 217 g/mol. The van der Waals surface area contributed by atoms with Gasteiger partial charge in [-0.25, -0.2) is 0 Å². The fourth-order valence-electron chi connectivity index (χ4n) is 2.18. The van der Waals surface area contributed by atoms with Gasteiger partial charge in [0.15, 0.2) is 0 Å². The van der Waals surface area contributed by atoms with E-state index in [2.05, 4.69) is 6.26 Å². The van der Waals surface area contributed by atoms with Crippen LogP contribution in [-0.4, -0.2) is 31.8 Å². The molecule has 0 aromatic heterocycles. The standard InChI is InChI=1S/C11H23NOS/c1-14-7-3-6-13-9-11-5-2-4-10(11)8-12/h10-11H,2-9,12H2,1H3. The van der Waals surface area contributed by atoms with E-state index in [0.29, 0.717) is 0 Å². The maximum absolute atomic E-state index is 5.72. The van der Waals surface area contributed by atoms with E-state index in [1.165, 1.54) is 31.4 Å². The Balaban J connectivity index is 2.00. The molecular formula is C11H23NOS. The quantitative estimate of drug-likeness (QED) is 0.664. The Bertz CT molecular complexity index is 143. The summed E-state index contributed by atoms with van der Waals surface area (Å²) in [5, 5.41) is 0. The molecule has 0 saturated heterocycles. The zero-order chi connectivity index (χ0) is 10.2. The second kappa shape index (κ2) is 7.55. The zero-order valence-electron chi connectivity index (χ0n) is 9.21. The summed E-state index contributed by atoms with van der Waals surface area (Å²) in [4.78, 5) is 0. The summed E-state index contributed by atoms with van der Waals surface area (Å²) in [6, 6.07) is 0. The van der Waals surface area contributed by atoms with Crippen molar-refractivity contribution in [2.45, 2.75) is 25.7 Å². The van der Waals surface area contributed by atoms with E-state index in [1.807, 2.05) is 11.8 Å². The minimum absolute atomic E-state index is 0.732. The summed E-state index contributed by atoms with van der Waals surface area (Å²) >= 11 is 1.89. The average Bonchev–Trinajstić information content (AvgIpc) is 2.65. The molecule has 0 aromatic rings. The molecule has 0 amide bonds. The molecule has 84 valence electrons. The molecule has 1 saturated carbocycles. The smallest absolute Gasteiger partial charge is 0.0497 e. The minimum atomic E-state index is 0.732. The van der Waals surface area contributed by atoms with E-state index in [0.717, 1.165) is 31.6 Å². The molecule has 1 aliphatic carbocycles. The van der Waals surface area contributed by atoms with E-state index in [1.54, 1.807) is 0 Å². The Morgan fingerprint density at radius 2 is 2.14 bits per heavy atom. The van der Waals surface area contributed by atoms with Crippen molar-refractivity contribution in [1.82, 2.24) is 0 Å². The molecular weight excluding hydrogens is 194 g/mol. The number of hydrogen-bond acceptors (Lipinski definition) is 3. The van der Waals surface area contributed by atoms with Crippen LogP contribution in [0.25, 0.3) is 0 Å². The van der Waals surface area contributed by atoms with Crippen LogP contribution in [0.5, 0.6) is 0 Å². The SMILES string of the molecule is CSCCCOCC1CCCC1CN. The minimum Gasteiger partial charge on any atom is -0.381 e. The maximum Gasteiger partial charge on any atom is 0.0497 e. The largest absolute Gasteiger partial charge is 0.381 e. The van der Waals surface area contributed by atoms with Crippen molar-refractivity contribution in [2.75, 3.05) is 31.8 Å². The zero-order valence-corrected chi connectivity index (χ0v) is 10.0. The predicted molar refractivity (Wildman–Crippen MR) is 63.7 cm³/mol. The molecule has 2 atom stereocenters. The van der Waals surface area contributed by atoms with E-state index in [-0.39, 0.29) is 0 Å². The lowest BCUT2D eigenvalue weighted by molar-refractivity contribution is 0.0879. The van der Waals surface area contributed by atoms with Gasteiger partial charge in [0, 0.05) is 13.2 Å². The van der Waals surface area contributed by atoms with Gasteiger partial charge in [-0.3, -0.25) is 0 Å². The first-order chi connectivity index (χ1) is 6.88. The second-order valence-corrected chi connectivity index (χ2v) is 5.09. The molecule has 2 nitrogen and oxygen atoms in total. The molecule has 14 heavy (non-hydrogen) atoms. The van der Waals surface area contributed by atoms with E-state index in [9.17, 15) is 0 Å². The molecule has 2 N–H and O–H groups in total. The van der Waals surface area contributed by atoms with Crippen molar-refractivity contribution < 1.29 is 4.74 Å². The van der Waals surface area contributed by atoms with Crippen LogP contribution in [0.1, 0.15) is 25.7 Å². The Morgan fingerprint density at radius 1 is 1.36 bits per heavy atom. The van der Waals surface area contributed by atoms with Gasteiger partial charge in [0.05, 0.1) is 0 Å². The number of ether oxygens (including phenoxy) is 1. The van der Waals surface area contributed by atoms with Crippen molar-refractivity contribution in [3.8, 4) is 0 Å². The van der Waals surface area contributed by atoms with Gasteiger partial charge >= 0.3 is 0 Å². The van der Waals surface area contributed by atoms with Crippen molar-refractivity contribution in [2.24, 2.45) is 17.6 Å². The first kappa shape index (κ1) is 12.3. The van der Waals surface area contributed by atoms with Crippen LogP contribution < -0.4 is 5.73 Å². The normalized spacial score (nSPS) is 27.0. The van der Waals surface area contributed by atoms with Gasteiger partial charge < -0.3 is 10.5 Å². The Morgan fingerprint density at radius 3 is 2.86 bits per heavy atom. The molecule has 3 heteroatoms. The Hall–Kier alpha value is 0.270. The van der Waals surface area contributed by atoms with Crippen LogP contribution in [0, 0.1) is 11.8 Å². The van der Waals surface area contributed by atoms with Gasteiger partial charge in [0.2, 0.25) is 0 Å². The number of nitrogens with two attached hydrogens (primary N) is 1. The first-order valence-electron chi connectivity index (χ1n) is 5.65. The van der Waals surface area contributed by atoms with Crippen LogP contribution in [0.4, 0.5) is 0 Å². The second-order valence-electron chi connectivity index (χ2n) is 4.11. The molecule has 0 aliphatic heterocycles. The lowest BCUT2D eigenvalue weighted by Gasteiger charge is -2.17. The molecule has 0 radical (unpaired) electrons. The fraction of sp³-hybridized carbons (Fsp3) is 1.00. The number of hydrogen-bond donors (Lipinski definition) is 1. The van der Waals surface area contributed by atoms with E-state index < -0.39 is 0 Å². The Kier molecular flexibility index (Phi) is 6.65. The van der Waals surface area contributed by atoms with E-state index in [4.69, 9.17) is 10.5 Å². The highest BCUT2D eigenvalue weighted by Crippen LogP contribution is 2.30. The summed E-state index contributed by atoms with van der Waals surface area (Å²) in [6.45, 7) is 2.71. The third kappa shape index (κ3) is 4.20. The molecule has 1 rings (SSSR count). The van der Waals surface area contributed by atoms with Crippen LogP contribution in [0.2, 0.25) is 0 Å². The third-order valence-electron chi connectivity index (χ3n) is 3.09. The van der Waals surface area contributed by atoms with Crippen molar-refractivity contribution in [3.05, 3.63) is 0 Å². The molecule has 0 spiro atoms. The maximum atomic E-state index is 5.72. The summed E-state index contributed by atoms with van der Waals surface area (Å²) in [6.07, 6.45) is 7.31. The molecule has 1 fully saturated rings. The van der Waals surface area contributed by atoms with Crippen molar-refractivity contribution >= 4 is 11.8 Å². The topological polar surface area (TPSA) is 35.2 Å². The van der Waals surface area contributed by atoms with Gasteiger partial charge in [-0.2, -0.15) is 11.8 Å². The molecule has 0 bridgehead atoms. The fourth-order valence-corrected chi connectivity index (χ4v) is 2.59. The molecule has 0 heterocycles. The van der Waals surface area contributed by atoms with E-state index >= 15 is 0 Å². The van der Waals surface area contributed by atoms with Crippen LogP contribution in [-0.2, 0) is 4.74 Å². The lowest BCUT2D eigenvalue weighted by atomic mass is 9.97. The summed E-state index contributed by atoms with van der Waals surface area (Å²) in [7, 11) is 0. The van der Waals surface area contributed by atoms with Crippen molar-refractivity contribution in [1.29, 1.82) is 0 Å². The van der Waals surface area contributed by atoms with Crippen LogP contribution in [0.15, 0.2) is 0 Å². The highest BCUT2D eigenvalue weighted by molar-refractivity contribution is 7.98. The first-order valence-corrected chi connectivity index (χ1v) is 7.04. The molecule has 0 aromatic carbocycles. The van der Waals surface area contributed by atoms with Gasteiger partial charge in [0.1, 0.15) is 0 Å². The third-order valence-corrected chi connectivity index (χ3v) is 3.79. The summed E-state index contributed by atoms with van der Waals surface area (Å²) in [5.74, 6) is 2.69. The van der Waals surface area contributed by atoms with Gasteiger partial charge in [-0.15, -0.1) is 0 Å². The van der Waals surface area contributed by atoms with Gasteiger partial charge in [0.25, 0.3) is 0 Å². The lowest BCUT2D eigenvalue weighted by Crippen LogP contribution is -2.22. The van der Waals surface area contributed by atoms with Crippen molar-refractivity contribution in [3.63, 3.8) is 0 Å². The van der Waals surface area contributed by atoms with Crippen LogP contribution >= 0.6 is 11.8 Å². The summed E-state index contributed by atoms with van der Waals surface area (Å²) in [5.41, 5.74) is 5.72. The van der Waals surface area contributed by atoms with Gasteiger partial charge in [-0.1, -0.05) is 6.42 Å². The number of thioether (sulfide) groups is 1. The van der Waals surface area contributed by atoms with Crippen LogP contribution in [0.3, 0.4) is 0 Å². The molecule has 1 aliphatic rings. The predicted octanol–water partition coefficient (Wildman–Crippen LogP) is 2.13. The number of rotatable bonds is 7. The Labute approximate surface area is 92.0 Å². The summed E-state index contributed by atoms with van der Waals surface area (Å²) < 4.78 is 5.68. The highest BCUT2D eigenvalue weighted by atomic mass is 32.2.